The Labute approximate surface area is 70.8 Å². The molecule has 0 bridgehead atoms. The second-order valence-electron chi connectivity index (χ2n) is 3.66. The van der Waals surface area contributed by atoms with Crippen molar-refractivity contribution in [1.29, 1.82) is 0 Å². The lowest BCUT2D eigenvalue weighted by Gasteiger charge is -2.32. The maximum Gasteiger partial charge on any atom is 0.160 e. The summed E-state index contributed by atoms with van der Waals surface area (Å²) in [6.45, 7) is 0.478. The van der Waals surface area contributed by atoms with Gasteiger partial charge >= 0.3 is 0 Å². The van der Waals surface area contributed by atoms with Crippen LogP contribution in [0.15, 0.2) is 0 Å². The zero-order valence-electron chi connectivity index (χ0n) is 6.76. The van der Waals surface area contributed by atoms with E-state index in [1.807, 2.05) is 0 Å². The maximum absolute atomic E-state index is 9.49. The van der Waals surface area contributed by atoms with Crippen molar-refractivity contribution in [3.63, 3.8) is 0 Å². The van der Waals surface area contributed by atoms with Crippen LogP contribution in [0.1, 0.15) is 12.8 Å². The van der Waals surface area contributed by atoms with Gasteiger partial charge in [-0.25, -0.2) is 0 Å². The molecule has 12 heavy (non-hydrogen) atoms. The molecule has 70 valence electrons. The lowest BCUT2D eigenvalue weighted by molar-refractivity contribution is -0.192. The fraction of sp³-hybridized carbons (Fsp3) is 1.00. The van der Waals surface area contributed by atoms with Crippen molar-refractivity contribution >= 4 is 0 Å². The molecule has 0 radical (unpaired) electrons. The van der Waals surface area contributed by atoms with Crippen molar-refractivity contribution < 1.29 is 20.1 Å². The van der Waals surface area contributed by atoms with Gasteiger partial charge in [0.05, 0.1) is 18.8 Å². The van der Waals surface area contributed by atoms with Crippen molar-refractivity contribution in [2.24, 2.45) is 11.8 Å². The first-order valence-electron chi connectivity index (χ1n) is 4.36. The molecule has 1 saturated heterocycles. The minimum Gasteiger partial charge on any atom is -0.393 e. The second kappa shape index (κ2) is 2.96. The summed E-state index contributed by atoms with van der Waals surface area (Å²) in [6.07, 6.45) is -0.866. The third kappa shape index (κ3) is 1.15. The number of rotatable bonds is 0. The normalized spacial score (nSPS) is 53.8. The zero-order chi connectivity index (χ0) is 8.72. The summed E-state index contributed by atoms with van der Waals surface area (Å²) < 4.78 is 4.99. The van der Waals surface area contributed by atoms with Crippen molar-refractivity contribution in [2.45, 2.75) is 31.3 Å². The van der Waals surface area contributed by atoms with Gasteiger partial charge in [-0.15, -0.1) is 0 Å². The van der Waals surface area contributed by atoms with E-state index >= 15 is 0 Å². The van der Waals surface area contributed by atoms with E-state index in [-0.39, 0.29) is 11.8 Å². The molecule has 4 nitrogen and oxygen atoms in total. The van der Waals surface area contributed by atoms with Gasteiger partial charge in [0.25, 0.3) is 0 Å². The minimum absolute atomic E-state index is 0.0174. The summed E-state index contributed by atoms with van der Waals surface area (Å²) >= 11 is 0. The van der Waals surface area contributed by atoms with Gasteiger partial charge in [-0.2, -0.15) is 0 Å². The average molecular weight is 174 g/mol. The molecular formula is C8H14O4. The minimum atomic E-state index is -0.893. The fourth-order valence-electron chi connectivity index (χ4n) is 2.34. The van der Waals surface area contributed by atoms with Crippen LogP contribution in [0.2, 0.25) is 0 Å². The molecule has 4 heteroatoms. The highest BCUT2D eigenvalue weighted by Crippen LogP contribution is 2.39. The Bertz CT molecular complexity index is 168. The molecule has 1 aliphatic carbocycles. The molecule has 2 aliphatic rings. The van der Waals surface area contributed by atoms with Crippen molar-refractivity contribution in [3.05, 3.63) is 0 Å². The van der Waals surface area contributed by atoms with Crippen LogP contribution in [-0.2, 0) is 4.74 Å². The van der Waals surface area contributed by atoms with Crippen LogP contribution in [0.3, 0.4) is 0 Å². The number of aliphatic hydroxyl groups is 3. The van der Waals surface area contributed by atoms with Gasteiger partial charge in [0.15, 0.2) is 6.29 Å². The van der Waals surface area contributed by atoms with Gasteiger partial charge in [-0.3, -0.25) is 0 Å². The Morgan fingerprint density at radius 1 is 1.08 bits per heavy atom. The van der Waals surface area contributed by atoms with Crippen LogP contribution >= 0.6 is 0 Å². The molecule has 2 fully saturated rings. The molecule has 0 aromatic rings. The van der Waals surface area contributed by atoms with Crippen molar-refractivity contribution in [2.75, 3.05) is 6.61 Å². The van der Waals surface area contributed by atoms with Crippen LogP contribution in [0.4, 0.5) is 0 Å². The molecule has 0 aromatic carbocycles. The summed E-state index contributed by atoms with van der Waals surface area (Å²) in [5.41, 5.74) is 0. The largest absolute Gasteiger partial charge is 0.393 e. The van der Waals surface area contributed by atoms with Gasteiger partial charge in [0.2, 0.25) is 0 Å². The summed E-state index contributed by atoms with van der Waals surface area (Å²) in [5.74, 6) is -0.266. The Hall–Kier alpha value is -0.160. The number of fused-ring (bicyclic) bond motifs is 1. The molecule has 2 rings (SSSR count). The standard InChI is InChI=1S/C8H14O4/c9-5-3-6(10)7-4(5)1-2-12-8(7)11/h4-11H,1-3H2/t4-,5+,6+,7-,8?/m0/s1. The van der Waals surface area contributed by atoms with E-state index in [0.29, 0.717) is 13.0 Å². The molecule has 1 heterocycles. The summed E-state index contributed by atoms with van der Waals surface area (Å²) in [5, 5.41) is 28.3. The van der Waals surface area contributed by atoms with Gasteiger partial charge in [0, 0.05) is 5.92 Å². The van der Waals surface area contributed by atoms with E-state index < -0.39 is 18.5 Å². The predicted molar refractivity (Wildman–Crippen MR) is 40.2 cm³/mol. The lowest BCUT2D eigenvalue weighted by Crippen LogP contribution is -2.40. The van der Waals surface area contributed by atoms with Gasteiger partial charge in [0.1, 0.15) is 0 Å². The second-order valence-corrected chi connectivity index (χ2v) is 3.66. The lowest BCUT2D eigenvalue weighted by atomic mass is 9.88. The Morgan fingerprint density at radius 3 is 2.50 bits per heavy atom. The fourth-order valence-corrected chi connectivity index (χ4v) is 2.34. The third-order valence-electron chi connectivity index (χ3n) is 2.98. The summed E-state index contributed by atoms with van der Waals surface area (Å²) in [6, 6.07) is 0. The van der Waals surface area contributed by atoms with Gasteiger partial charge in [-0.05, 0) is 18.8 Å². The quantitative estimate of drug-likeness (QED) is 0.444. The zero-order valence-corrected chi connectivity index (χ0v) is 6.76. The number of hydrogen-bond donors (Lipinski definition) is 3. The Kier molecular flexibility index (Phi) is 2.08. The molecule has 3 N–H and O–H groups in total. The highest BCUT2D eigenvalue weighted by Gasteiger charge is 2.47. The van der Waals surface area contributed by atoms with Gasteiger partial charge < -0.3 is 20.1 Å². The van der Waals surface area contributed by atoms with Crippen molar-refractivity contribution in [3.8, 4) is 0 Å². The van der Waals surface area contributed by atoms with Crippen LogP contribution in [0.5, 0.6) is 0 Å². The van der Waals surface area contributed by atoms with E-state index in [0.717, 1.165) is 6.42 Å². The van der Waals surface area contributed by atoms with E-state index in [9.17, 15) is 15.3 Å². The summed E-state index contributed by atoms with van der Waals surface area (Å²) in [4.78, 5) is 0. The first-order valence-corrected chi connectivity index (χ1v) is 4.36. The van der Waals surface area contributed by atoms with E-state index in [4.69, 9.17) is 4.74 Å². The molecule has 1 aliphatic heterocycles. The molecule has 0 aromatic heterocycles. The Morgan fingerprint density at radius 2 is 1.83 bits per heavy atom. The van der Waals surface area contributed by atoms with Gasteiger partial charge in [-0.1, -0.05) is 0 Å². The van der Waals surface area contributed by atoms with Crippen LogP contribution in [0, 0.1) is 11.8 Å². The third-order valence-corrected chi connectivity index (χ3v) is 2.98. The molecule has 1 saturated carbocycles. The van der Waals surface area contributed by atoms with Crippen LogP contribution in [0.25, 0.3) is 0 Å². The highest BCUT2D eigenvalue weighted by molar-refractivity contribution is 4.93. The monoisotopic (exact) mass is 174 g/mol. The number of hydrogen-bond acceptors (Lipinski definition) is 4. The molecular weight excluding hydrogens is 160 g/mol. The van der Waals surface area contributed by atoms with E-state index in [1.54, 1.807) is 0 Å². The average Bonchev–Trinajstić information content (AvgIpc) is 2.29. The van der Waals surface area contributed by atoms with E-state index in [2.05, 4.69) is 0 Å². The number of aliphatic hydroxyl groups excluding tert-OH is 3. The molecule has 1 unspecified atom stereocenters. The summed E-state index contributed by atoms with van der Waals surface area (Å²) in [7, 11) is 0. The number of ether oxygens (including phenoxy) is 1. The first kappa shape index (κ1) is 8.44. The van der Waals surface area contributed by atoms with E-state index in [1.165, 1.54) is 0 Å². The SMILES string of the molecule is OC1OCC[C@@H]2[C@H]1[C@H](O)C[C@H]2O. The smallest absolute Gasteiger partial charge is 0.160 e. The molecule has 0 amide bonds. The topological polar surface area (TPSA) is 69.9 Å². The maximum atomic E-state index is 9.49. The van der Waals surface area contributed by atoms with Crippen LogP contribution in [-0.4, -0.2) is 40.4 Å². The molecule has 0 spiro atoms. The van der Waals surface area contributed by atoms with Crippen molar-refractivity contribution in [1.82, 2.24) is 0 Å². The Balaban J connectivity index is 2.13. The molecule has 5 atom stereocenters. The first-order chi connectivity index (χ1) is 5.70. The predicted octanol–water partition coefficient (Wildman–Crippen LogP) is -0.917. The highest BCUT2D eigenvalue weighted by atomic mass is 16.6. The van der Waals surface area contributed by atoms with Crippen LogP contribution < -0.4 is 0 Å².